The summed E-state index contributed by atoms with van der Waals surface area (Å²) in [7, 11) is 0. The molecule has 0 spiro atoms. The fourth-order valence-electron chi connectivity index (χ4n) is 2.89. The molecule has 2 heterocycles. The largest absolute Gasteiger partial charge is 0.396 e. The van der Waals surface area contributed by atoms with Gasteiger partial charge in [-0.15, -0.1) is 0 Å². The summed E-state index contributed by atoms with van der Waals surface area (Å²) in [5.74, 6) is 0.358. The molecule has 7 nitrogen and oxygen atoms in total. The zero-order valence-corrected chi connectivity index (χ0v) is 14.6. The molecule has 3 rings (SSSR count). The number of nitrogens with two attached hydrogens (primary N) is 1. The monoisotopic (exact) mass is 349 g/mol. The van der Waals surface area contributed by atoms with Crippen LogP contribution in [-0.2, 0) is 17.9 Å². The first kappa shape index (κ1) is 16.6. The number of nitrogens with one attached hydrogen (secondary N) is 1. The Labute approximate surface area is 144 Å². The van der Waals surface area contributed by atoms with Gasteiger partial charge in [-0.25, -0.2) is 9.67 Å². The Bertz CT molecular complexity index is 870. The van der Waals surface area contributed by atoms with Gasteiger partial charge in [-0.2, -0.15) is 0 Å². The lowest BCUT2D eigenvalue weighted by Gasteiger charge is -2.14. The number of aliphatic imine (C=N–C) groups is 1. The van der Waals surface area contributed by atoms with Gasteiger partial charge in [0.2, 0.25) is 5.78 Å². The zero-order chi connectivity index (χ0) is 17.6. The maximum Gasteiger partial charge on any atom is 0.294 e. The van der Waals surface area contributed by atoms with Gasteiger partial charge in [-0.1, -0.05) is 11.6 Å². The molecule has 1 aromatic heterocycles. The van der Waals surface area contributed by atoms with Crippen LogP contribution in [0.25, 0.3) is 0 Å². The molecule has 0 saturated heterocycles. The molecule has 0 bridgehead atoms. The van der Waals surface area contributed by atoms with Crippen molar-refractivity contribution in [2.24, 2.45) is 10.7 Å². The molecule has 24 heavy (non-hydrogen) atoms. The van der Waals surface area contributed by atoms with E-state index in [1.54, 1.807) is 17.7 Å². The zero-order valence-electron chi connectivity index (χ0n) is 13.9. The molecule has 0 radical (unpaired) electrons. The maximum atomic E-state index is 12.7. The van der Waals surface area contributed by atoms with Crippen LogP contribution in [-0.4, -0.2) is 26.9 Å². The van der Waals surface area contributed by atoms with E-state index in [0.717, 1.165) is 13.0 Å². The first-order valence-corrected chi connectivity index (χ1v) is 8.26. The fourth-order valence-corrected chi connectivity index (χ4v) is 3.13. The van der Waals surface area contributed by atoms with Crippen LogP contribution in [0.15, 0.2) is 32.2 Å². The third-order valence-electron chi connectivity index (χ3n) is 4.03. The number of fused-ring (bicyclic) bond motifs is 1. The second-order valence-corrected chi connectivity index (χ2v) is 6.66. The van der Waals surface area contributed by atoms with Crippen molar-refractivity contribution in [3.05, 3.63) is 32.7 Å². The second-order valence-electron chi connectivity index (χ2n) is 6.28. The lowest BCUT2D eigenvalue weighted by Crippen LogP contribution is -2.21. The molecule has 2 aliphatic rings. The number of nitrogens with zero attached hydrogens (tertiary/aromatic N) is 3. The quantitative estimate of drug-likeness (QED) is 0.815. The Morgan fingerprint density at radius 3 is 2.62 bits per heavy atom. The van der Waals surface area contributed by atoms with E-state index in [0.29, 0.717) is 29.3 Å². The molecule has 128 valence electrons. The highest BCUT2D eigenvalue weighted by atomic mass is 35.5. The molecule has 0 amide bonds. The van der Waals surface area contributed by atoms with Crippen LogP contribution in [0.1, 0.15) is 27.2 Å². The van der Waals surface area contributed by atoms with E-state index in [1.807, 2.05) is 18.5 Å². The molecule has 0 atom stereocenters. The van der Waals surface area contributed by atoms with Gasteiger partial charge in [0.1, 0.15) is 5.03 Å². The van der Waals surface area contributed by atoms with Crippen LogP contribution >= 0.6 is 11.6 Å². The van der Waals surface area contributed by atoms with Crippen molar-refractivity contribution in [1.82, 2.24) is 9.36 Å². The summed E-state index contributed by atoms with van der Waals surface area (Å²) in [5.41, 5.74) is 6.93. The highest BCUT2D eigenvalue weighted by Gasteiger charge is 2.26. The van der Waals surface area contributed by atoms with Crippen molar-refractivity contribution in [3.63, 3.8) is 0 Å². The third-order valence-corrected chi connectivity index (χ3v) is 4.41. The molecule has 8 heteroatoms. The standard InChI is InChI=1S/C16H20ClN5O2/c1-8(2)19-15-13(16(24)22-6-4-5-21(15)22)20-10-7-9(3)14(23)11(17)12(10)18/h7-8,19H,4-6,18H2,1-3H3/b20-10-. The Morgan fingerprint density at radius 2 is 1.96 bits per heavy atom. The predicted octanol–water partition coefficient (Wildman–Crippen LogP) is 1.88. The lowest BCUT2D eigenvalue weighted by molar-refractivity contribution is -0.111. The molecular weight excluding hydrogens is 330 g/mol. The summed E-state index contributed by atoms with van der Waals surface area (Å²) >= 11 is 5.99. The van der Waals surface area contributed by atoms with E-state index >= 15 is 0 Å². The van der Waals surface area contributed by atoms with E-state index in [9.17, 15) is 9.59 Å². The van der Waals surface area contributed by atoms with E-state index in [2.05, 4.69) is 10.3 Å². The van der Waals surface area contributed by atoms with Crippen molar-refractivity contribution in [3.8, 4) is 0 Å². The summed E-state index contributed by atoms with van der Waals surface area (Å²) in [6.07, 6.45) is 2.48. The molecule has 0 unspecified atom stereocenters. The first-order valence-electron chi connectivity index (χ1n) is 7.88. The minimum atomic E-state index is -0.315. The van der Waals surface area contributed by atoms with E-state index < -0.39 is 0 Å². The second kappa shape index (κ2) is 5.98. The van der Waals surface area contributed by atoms with Crippen LogP contribution in [0, 0.1) is 0 Å². The summed E-state index contributed by atoms with van der Waals surface area (Å²) in [6, 6.07) is 0.144. The predicted molar refractivity (Wildman–Crippen MR) is 95.0 cm³/mol. The highest BCUT2D eigenvalue weighted by molar-refractivity contribution is 6.49. The minimum Gasteiger partial charge on any atom is -0.396 e. The van der Waals surface area contributed by atoms with Crippen LogP contribution < -0.4 is 16.6 Å². The number of hydrogen-bond donors (Lipinski definition) is 2. The number of hydrogen-bond acceptors (Lipinski definition) is 5. The molecule has 3 N–H and O–H groups in total. The van der Waals surface area contributed by atoms with Crippen molar-refractivity contribution < 1.29 is 4.79 Å². The molecule has 0 saturated carbocycles. The molecule has 0 fully saturated rings. The van der Waals surface area contributed by atoms with E-state index in [4.69, 9.17) is 17.3 Å². The van der Waals surface area contributed by atoms with Crippen molar-refractivity contribution in [1.29, 1.82) is 0 Å². The number of ketones is 1. The maximum absolute atomic E-state index is 12.7. The van der Waals surface area contributed by atoms with Gasteiger partial charge in [-0.05, 0) is 33.3 Å². The van der Waals surface area contributed by atoms with Gasteiger partial charge in [-0.3, -0.25) is 14.3 Å². The highest BCUT2D eigenvalue weighted by Crippen LogP contribution is 2.28. The smallest absolute Gasteiger partial charge is 0.294 e. The Hall–Kier alpha value is -2.28. The molecular formula is C16H20ClN5O2. The summed E-state index contributed by atoms with van der Waals surface area (Å²) in [5, 5.41) is 3.23. The molecule has 1 aliphatic carbocycles. The van der Waals surface area contributed by atoms with E-state index in [1.165, 1.54) is 0 Å². The number of carbonyl (C=O) groups is 1. The Morgan fingerprint density at radius 1 is 1.29 bits per heavy atom. The van der Waals surface area contributed by atoms with Crippen LogP contribution in [0.4, 0.5) is 11.5 Å². The number of halogens is 1. The number of aromatic nitrogens is 2. The van der Waals surface area contributed by atoms with Crippen molar-refractivity contribution in [2.45, 2.75) is 46.3 Å². The lowest BCUT2D eigenvalue weighted by atomic mass is 10.0. The summed E-state index contributed by atoms with van der Waals surface area (Å²) < 4.78 is 3.59. The Kier molecular flexibility index (Phi) is 4.13. The average Bonchev–Trinajstić information content (AvgIpc) is 3.09. The topological polar surface area (TPSA) is 94.4 Å². The van der Waals surface area contributed by atoms with Gasteiger partial charge in [0, 0.05) is 24.7 Å². The number of anilines is 1. The number of Topliss-reactive ketones (excluding diaryl/α,β-unsaturated/α-hetero) is 1. The average molecular weight is 350 g/mol. The SMILES string of the molecule is CC1=C/C(=N/c2c(NC(C)C)n3n(c2=O)CCC3)C(N)=C(Cl)C1=O. The van der Waals surface area contributed by atoms with Crippen LogP contribution in [0.2, 0.25) is 0 Å². The Balaban J connectivity index is 2.17. The third kappa shape index (κ3) is 2.58. The minimum absolute atomic E-state index is 0.0565. The molecule has 1 aromatic rings. The van der Waals surface area contributed by atoms with Crippen molar-refractivity contribution in [2.75, 3.05) is 5.32 Å². The number of rotatable bonds is 3. The van der Waals surface area contributed by atoms with E-state index in [-0.39, 0.29) is 28.1 Å². The van der Waals surface area contributed by atoms with Gasteiger partial charge < -0.3 is 11.1 Å². The first-order chi connectivity index (χ1) is 11.3. The fraction of sp³-hybridized carbons (Fsp3) is 0.438. The van der Waals surface area contributed by atoms with Crippen molar-refractivity contribution >= 4 is 34.6 Å². The normalized spacial score (nSPS) is 19.3. The van der Waals surface area contributed by atoms with Gasteiger partial charge in [0.25, 0.3) is 5.56 Å². The van der Waals surface area contributed by atoms with Crippen LogP contribution in [0.3, 0.4) is 0 Å². The van der Waals surface area contributed by atoms with Crippen LogP contribution in [0.5, 0.6) is 0 Å². The number of allylic oxidation sites excluding steroid dienone is 3. The molecule has 0 aromatic carbocycles. The van der Waals surface area contributed by atoms with Gasteiger partial charge in [0.15, 0.2) is 11.5 Å². The number of carbonyl (C=O) groups excluding carboxylic acids is 1. The summed E-state index contributed by atoms with van der Waals surface area (Å²) in [4.78, 5) is 29.0. The molecule has 1 aliphatic heterocycles. The summed E-state index contributed by atoms with van der Waals surface area (Å²) in [6.45, 7) is 7.06. The van der Waals surface area contributed by atoms with Gasteiger partial charge >= 0.3 is 0 Å². The van der Waals surface area contributed by atoms with Gasteiger partial charge in [0.05, 0.1) is 11.4 Å².